The van der Waals surface area contributed by atoms with Crippen LogP contribution in [-0.2, 0) is 0 Å². The molecule has 1 rings (SSSR count). The molecule has 1 atom stereocenters. The summed E-state index contributed by atoms with van der Waals surface area (Å²) in [5.41, 5.74) is 0. The molecule has 0 amide bonds. The summed E-state index contributed by atoms with van der Waals surface area (Å²) in [7, 11) is 0. The van der Waals surface area contributed by atoms with Gasteiger partial charge in [-0.2, -0.15) is 0 Å². The predicted octanol–water partition coefficient (Wildman–Crippen LogP) is 0.714. The van der Waals surface area contributed by atoms with Crippen molar-refractivity contribution in [3.05, 3.63) is 0 Å². The second-order valence-corrected chi connectivity index (χ2v) is 3.45. The summed E-state index contributed by atoms with van der Waals surface area (Å²) in [6, 6.07) is 0. The van der Waals surface area contributed by atoms with Crippen molar-refractivity contribution < 1.29 is 5.11 Å². The summed E-state index contributed by atoms with van der Waals surface area (Å²) in [6.45, 7) is 3.50. The molecule has 12 heavy (non-hydrogen) atoms. The van der Waals surface area contributed by atoms with Crippen LogP contribution in [-0.4, -0.2) is 36.2 Å². The highest BCUT2D eigenvalue weighted by Crippen LogP contribution is 2.15. The van der Waals surface area contributed by atoms with Crippen molar-refractivity contribution in [1.82, 2.24) is 4.90 Å². The Morgan fingerprint density at radius 3 is 3.08 bits per heavy atom. The van der Waals surface area contributed by atoms with Crippen LogP contribution in [0.4, 0.5) is 0 Å². The minimum absolute atomic E-state index is 0.326. The molecule has 1 aliphatic heterocycles. The van der Waals surface area contributed by atoms with Gasteiger partial charge in [-0.1, -0.05) is 0 Å². The number of aliphatic hydroxyl groups excluding tert-OH is 1. The molecule has 0 aromatic carbocycles. The normalized spacial score (nSPS) is 25.2. The molecule has 1 heterocycles. The second kappa shape index (κ2) is 5.18. The van der Waals surface area contributed by atoms with E-state index in [1.54, 1.807) is 0 Å². The largest absolute Gasteiger partial charge is 0.396 e. The molecule has 2 heteroatoms. The van der Waals surface area contributed by atoms with Crippen LogP contribution in [0.15, 0.2) is 0 Å². The van der Waals surface area contributed by atoms with Crippen molar-refractivity contribution in [2.75, 3.05) is 26.2 Å². The van der Waals surface area contributed by atoms with Crippen LogP contribution in [0.3, 0.4) is 0 Å². The van der Waals surface area contributed by atoms with E-state index in [0.29, 0.717) is 12.5 Å². The SMILES string of the molecule is C#CCCN1CCCC(CO)C1. The van der Waals surface area contributed by atoms with E-state index >= 15 is 0 Å². The number of aliphatic hydroxyl groups is 1. The Hall–Kier alpha value is -0.520. The van der Waals surface area contributed by atoms with Crippen LogP contribution >= 0.6 is 0 Å². The smallest absolute Gasteiger partial charge is 0.0471 e. The van der Waals surface area contributed by atoms with E-state index in [1.165, 1.54) is 12.8 Å². The van der Waals surface area contributed by atoms with Gasteiger partial charge >= 0.3 is 0 Å². The maximum atomic E-state index is 8.97. The molecule has 1 unspecified atom stereocenters. The van der Waals surface area contributed by atoms with E-state index < -0.39 is 0 Å². The molecule has 0 aliphatic carbocycles. The highest BCUT2D eigenvalue weighted by molar-refractivity contribution is 4.85. The average Bonchev–Trinajstić information content (AvgIpc) is 2.15. The van der Waals surface area contributed by atoms with Crippen LogP contribution in [0.1, 0.15) is 19.3 Å². The number of rotatable bonds is 3. The molecule has 68 valence electrons. The molecule has 0 saturated carbocycles. The summed E-state index contributed by atoms with van der Waals surface area (Å²) in [4.78, 5) is 2.35. The van der Waals surface area contributed by atoms with Gasteiger partial charge in [-0.15, -0.1) is 12.3 Å². The fraction of sp³-hybridized carbons (Fsp3) is 0.800. The molecule has 0 radical (unpaired) electrons. The molecule has 0 bridgehead atoms. The number of hydrogen-bond donors (Lipinski definition) is 1. The third kappa shape index (κ3) is 2.84. The van der Waals surface area contributed by atoms with Gasteiger partial charge in [0.15, 0.2) is 0 Å². The molecule has 0 aromatic rings. The Morgan fingerprint density at radius 2 is 2.42 bits per heavy atom. The van der Waals surface area contributed by atoms with Gasteiger partial charge in [-0.05, 0) is 25.3 Å². The highest BCUT2D eigenvalue weighted by Gasteiger charge is 2.17. The summed E-state index contributed by atoms with van der Waals surface area (Å²) >= 11 is 0. The lowest BCUT2D eigenvalue weighted by Crippen LogP contribution is -2.37. The van der Waals surface area contributed by atoms with E-state index in [9.17, 15) is 0 Å². The van der Waals surface area contributed by atoms with Crippen LogP contribution in [0.25, 0.3) is 0 Å². The first-order valence-corrected chi connectivity index (χ1v) is 4.63. The maximum Gasteiger partial charge on any atom is 0.0471 e. The quantitative estimate of drug-likeness (QED) is 0.626. The van der Waals surface area contributed by atoms with Crippen LogP contribution in [0.2, 0.25) is 0 Å². The summed E-state index contributed by atoms with van der Waals surface area (Å²) in [6.07, 6.45) is 8.39. The first kappa shape index (κ1) is 9.57. The highest BCUT2D eigenvalue weighted by atomic mass is 16.3. The van der Waals surface area contributed by atoms with E-state index in [2.05, 4.69) is 10.8 Å². The monoisotopic (exact) mass is 167 g/mol. The summed E-state index contributed by atoms with van der Waals surface area (Å²) in [5.74, 6) is 3.13. The second-order valence-electron chi connectivity index (χ2n) is 3.45. The molecule has 2 nitrogen and oxygen atoms in total. The van der Waals surface area contributed by atoms with E-state index in [0.717, 1.165) is 26.1 Å². The Labute approximate surface area is 74.6 Å². The lowest BCUT2D eigenvalue weighted by Gasteiger charge is -2.31. The van der Waals surface area contributed by atoms with Gasteiger partial charge in [0.1, 0.15) is 0 Å². The number of terminal acetylenes is 1. The fourth-order valence-electron chi connectivity index (χ4n) is 1.73. The first-order chi connectivity index (χ1) is 5.86. The van der Waals surface area contributed by atoms with Crippen molar-refractivity contribution in [1.29, 1.82) is 0 Å². The topological polar surface area (TPSA) is 23.5 Å². The van der Waals surface area contributed by atoms with Crippen molar-refractivity contribution in [2.45, 2.75) is 19.3 Å². The minimum atomic E-state index is 0.326. The third-order valence-corrected chi connectivity index (χ3v) is 2.43. The molecule has 1 fully saturated rings. The molecular weight excluding hydrogens is 150 g/mol. The van der Waals surface area contributed by atoms with Gasteiger partial charge in [-0.25, -0.2) is 0 Å². The summed E-state index contributed by atoms with van der Waals surface area (Å²) < 4.78 is 0. The van der Waals surface area contributed by atoms with E-state index in [1.807, 2.05) is 0 Å². The molecule has 0 spiro atoms. The Bertz CT molecular complexity index is 162. The van der Waals surface area contributed by atoms with E-state index in [4.69, 9.17) is 11.5 Å². The first-order valence-electron chi connectivity index (χ1n) is 4.63. The minimum Gasteiger partial charge on any atom is -0.396 e. The third-order valence-electron chi connectivity index (χ3n) is 2.43. The van der Waals surface area contributed by atoms with Crippen molar-refractivity contribution in [2.24, 2.45) is 5.92 Å². The number of nitrogens with zero attached hydrogens (tertiary/aromatic N) is 1. The zero-order chi connectivity index (χ0) is 8.81. The molecule has 0 aromatic heterocycles. The van der Waals surface area contributed by atoms with Gasteiger partial charge in [0.2, 0.25) is 0 Å². The number of hydrogen-bond acceptors (Lipinski definition) is 2. The summed E-state index contributed by atoms with van der Waals surface area (Å²) in [5, 5.41) is 8.97. The lowest BCUT2D eigenvalue weighted by molar-refractivity contribution is 0.122. The lowest BCUT2D eigenvalue weighted by atomic mass is 9.99. The molecule has 1 N–H and O–H groups in total. The zero-order valence-electron chi connectivity index (χ0n) is 7.50. The Morgan fingerprint density at radius 1 is 1.58 bits per heavy atom. The molecule has 1 saturated heterocycles. The molecular formula is C10H17NO. The van der Waals surface area contributed by atoms with Crippen molar-refractivity contribution in [3.63, 3.8) is 0 Å². The Balaban J connectivity index is 2.22. The predicted molar refractivity (Wildman–Crippen MR) is 49.7 cm³/mol. The van der Waals surface area contributed by atoms with Crippen LogP contribution in [0.5, 0.6) is 0 Å². The fourth-order valence-corrected chi connectivity index (χ4v) is 1.73. The van der Waals surface area contributed by atoms with Crippen LogP contribution in [0, 0.1) is 18.3 Å². The number of piperidine rings is 1. The van der Waals surface area contributed by atoms with E-state index in [-0.39, 0.29) is 0 Å². The standard InChI is InChI=1S/C10H17NO/c1-2-3-6-11-7-4-5-10(8-11)9-12/h1,10,12H,3-9H2. The van der Waals surface area contributed by atoms with Gasteiger partial charge < -0.3 is 10.0 Å². The number of likely N-dealkylation sites (tertiary alicyclic amines) is 1. The maximum absolute atomic E-state index is 8.97. The van der Waals surface area contributed by atoms with Crippen LogP contribution < -0.4 is 0 Å². The molecule has 1 aliphatic rings. The van der Waals surface area contributed by atoms with Gasteiger partial charge in [0.05, 0.1) is 0 Å². The zero-order valence-corrected chi connectivity index (χ0v) is 7.50. The average molecular weight is 167 g/mol. The Kier molecular flexibility index (Phi) is 4.13. The van der Waals surface area contributed by atoms with Gasteiger partial charge in [0.25, 0.3) is 0 Å². The van der Waals surface area contributed by atoms with Crippen molar-refractivity contribution in [3.8, 4) is 12.3 Å². The van der Waals surface area contributed by atoms with Gasteiger partial charge in [0, 0.05) is 26.1 Å². The van der Waals surface area contributed by atoms with Crippen molar-refractivity contribution >= 4 is 0 Å². The van der Waals surface area contributed by atoms with Gasteiger partial charge in [-0.3, -0.25) is 0 Å².